The summed E-state index contributed by atoms with van der Waals surface area (Å²) >= 11 is 0. The van der Waals surface area contributed by atoms with Crippen LogP contribution in [0.2, 0.25) is 0 Å². The third-order valence-corrected chi connectivity index (χ3v) is 9.12. The second-order valence-electron chi connectivity index (χ2n) is 9.89. The number of aromatic amines is 1. The van der Waals surface area contributed by atoms with Crippen molar-refractivity contribution in [1.82, 2.24) is 24.2 Å². The van der Waals surface area contributed by atoms with Gasteiger partial charge < -0.3 is 9.88 Å². The minimum Gasteiger partial charge on any atom is -0.355 e. The fourth-order valence-electron chi connectivity index (χ4n) is 5.29. The lowest BCUT2D eigenvalue weighted by atomic mass is 9.92. The number of nitrogens with one attached hydrogen (secondary N) is 1. The molecular weight excluding hydrogens is 508 g/mol. The van der Waals surface area contributed by atoms with E-state index < -0.39 is 10.0 Å². The molecule has 0 amide bonds. The van der Waals surface area contributed by atoms with E-state index in [9.17, 15) is 8.42 Å². The highest BCUT2D eigenvalue weighted by Gasteiger charge is 2.36. The molecule has 39 heavy (non-hydrogen) atoms. The molecule has 0 bridgehead atoms. The Labute approximate surface area is 228 Å². The molecule has 0 fully saturated rings. The van der Waals surface area contributed by atoms with Crippen LogP contribution >= 0.6 is 0 Å². The van der Waals surface area contributed by atoms with Crippen molar-refractivity contribution in [3.05, 3.63) is 114 Å². The molecule has 3 heterocycles. The van der Waals surface area contributed by atoms with Crippen LogP contribution in [0.1, 0.15) is 41.5 Å². The lowest BCUT2D eigenvalue weighted by Crippen LogP contribution is -2.37. The largest absolute Gasteiger partial charge is 0.355 e. The Hall–Kier alpha value is -4.08. The summed E-state index contributed by atoms with van der Waals surface area (Å²) in [4.78, 5) is 19.3. The Morgan fingerprint density at radius 3 is 2.49 bits per heavy atom. The van der Waals surface area contributed by atoms with Gasteiger partial charge in [-0.05, 0) is 72.9 Å². The predicted molar refractivity (Wildman–Crippen MR) is 152 cm³/mol. The standard InChI is InChI=1S/C30H30N6O2S/c1-35(29-13-4-5-18-31-29)20-22-14-16-24(17-15-22)39(37,38)36(21-28-33-25-10-2-3-11-26(25)34-28)27-12-6-8-23-9-7-19-32-30(23)27/h2-5,7,9-11,13-19,27H,6,8,12,20-21H2,1H3,(H,33,34). The van der Waals surface area contributed by atoms with Crippen LogP contribution in [0.15, 0.2) is 96.2 Å². The van der Waals surface area contributed by atoms with Crippen molar-refractivity contribution in [3.63, 3.8) is 0 Å². The van der Waals surface area contributed by atoms with Gasteiger partial charge >= 0.3 is 0 Å². The van der Waals surface area contributed by atoms with E-state index in [0.29, 0.717) is 18.8 Å². The van der Waals surface area contributed by atoms with E-state index in [4.69, 9.17) is 4.98 Å². The average molecular weight is 539 g/mol. The number of imidazole rings is 1. The monoisotopic (exact) mass is 538 g/mol. The minimum atomic E-state index is -3.87. The topological polar surface area (TPSA) is 95.1 Å². The number of aryl methyl sites for hydroxylation is 1. The van der Waals surface area contributed by atoms with Crippen LogP contribution in [0.5, 0.6) is 0 Å². The van der Waals surface area contributed by atoms with Crippen LogP contribution in [0.25, 0.3) is 11.0 Å². The first-order valence-electron chi connectivity index (χ1n) is 13.1. The average Bonchev–Trinajstić information content (AvgIpc) is 3.39. The number of nitrogens with zero attached hydrogens (tertiary/aromatic N) is 5. The molecule has 9 heteroatoms. The molecule has 3 aromatic heterocycles. The van der Waals surface area contributed by atoms with E-state index >= 15 is 0 Å². The van der Waals surface area contributed by atoms with E-state index in [2.05, 4.69) is 15.0 Å². The van der Waals surface area contributed by atoms with E-state index in [-0.39, 0.29) is 17.5 Å². The SMILES string of the molecule is CN(Cc1ccc(S(=O)(=O)N(Cc2nc3ccccc3[nH]2)C2CCCc3cccnc32)cc1)c1ccccn1. The van der Waals surface area contributed by atoms with Gasteiger partial charge in [-0.1, -0.05) is 36.4 Å². The summed E-state index contributed by atoms with van der Waals surface area (Å²) in [7, 11) is -1.90. The molecule has 0 aliphatic heterocycles. The summed E-state index contributed by atoms with van der Waals surface area (Å²) in [6.45, 7) is 0.738. The Balaban J connectivity index is 1.33. The highest BCUT2D eigenvalue weighted by molar-refractivity contribution is 7.89. The van der Waals surface area contributed by atoms with Gasteiger partial charge in [-0.25, -0.2) is 18.4 Å². The third-order valence-electron chi connectivity index (χ3n) is 7.25. The molecule has 1 N–H and O–H groups in total. The van der Waals surface area contributed by atoms with Gasteiger partial charge in [0.05, 0.1) is 34.2 Å². The molecule has 198 valence electrons. The van der Waals surface area contributed by atoms with Gasteiger partial charge in [0.25, 0.3) is 0 Å². The number of H-pyrrole nitrogens is 1. The highest BCUT2D eigenvalue weighted by atomic mass is 32.2. The van der Waals surface area contributed by atoms with E-state index in [1.165, 1.54) is 0 Å². The number of pyridine rings is 2. The molecule has 0 saturated heterocycles. The number of sulfonamides is 1. The maximum absolute atomic E-state index is 14.3. The zero-order chi connectivity index (χ0) is 26.8. The molecule has 2 aromatic carbocycles. The van der Waals surface area contributed by atoms with E-state index in [1.807, 2.05) is 78.7 Å². The fourth-order valence-corrected chi connectivity index (χ4v) is 6.88. The molecule has 1 aliphatic carbocycles. The molecule has 0 radical (unpaired) electrons. The van der Waals surface area contributed by atoms with Crippen LogP contribution in [-0.2, 0) is 29.5 Å². The van der Waals surface area contributed by atoms with Crippen LogP contribution in [0, 0.1) is 0 Å². The smallest absolute Gasteiger partial charge is 0.244 e. The molecular formula is C30H30N6O2S. The predicted octanol–water partition coefficient (Wildman–Crippen LogP) is 5.26. The van der Waals surface area contributed by atoms with Crippen molar-refractivity contribution >= 4 is 26.9 Å². The maximum Gasteiger partial charge on any atom is 0.244 e. The summed E-state index contributed by atoms with van der Waals surface area (Å²) in [6.07, 6.45) is 6.01. The maximum atomic E-state index is 14.3. The summed E-state index contributed by atoms with van der Waals surface area (Å²) in [5.41, 5.74) is 4.63. The molecule has 1 atom stereocenters. The highest BCUT2D eigenvalue weighted by Crippen LogP contribution is 2.37. The second kappa shape index (κ2) is 10.6. The van der Waals surface area contributed by atoms with Crippen LogP contribution in [0.4, 0.5) is 5.82 Å². The van der Waals surface area contributed by atoms with Gasteiger partial charge in [0.1, 0.15) is 11.6 Å². The number of hydrogen-bond acceptors (Lipinski definition) is 6. The van der Waals surface area contributed by atoms with Gasteiger partial charge in [0, 0.05) is 26.0 Å². The molecule has 6 rings (SSSR count). The number of para-hydroxylation sites is 2. The van der Waals surface area contributed by atoms with Gasteiger partial charge in [0.2, 0.25) is 10.0 Å². The van der Waals surface area contributed by atoms with Crippen molar-refractivity contribution in [1.29, 1.82) is 0 Å². The Morgan fingerprint density at radius 1 is 0.897 bits per heavy atom. The van der Waals surface area contributed by atoms with Gasteiger partial charge in [-0.3, -0.25) is 4.98 Å². The third kappa shape index (κ3) is 5.15. The number of rotatable bonds is 8. The summed E-state index contributed by atoms with van der Waals surface area (Å²) in [5.74, 6) is 1.46. The van der Waals surface area contributed by atoms with Gasteiger partial charge in [-0.2, -0.15) is 4.31 Å². The number of benzene rings is 2. The normalized spacial score (nSPS) is 15.4. The Kier molecular flexibility index (Phi) is 6.85. The second-order valence-corrected chi connectivity index (χ2v) is 11.8. The molecule has 1 unspecified atom stereocenters. The first-order chi connectivity index (χ1) is 19.0. The zero-order valence-corrected chi connectivity index (χ0v) is 22.6. The zero-order valence-electron chi connectivity index (χ0n) is 21.7. The number of aromatic nitrogens is 4. The quantitative estimate of drug-likeness (QED) is 0.290. The lowest BCUT2D eigenvalue weighted by molar-refractivity contribution is 0.277. The minimum absolute atomic E-state index is 0.127. The first kappa shape index (κ1) is 25.2. The lowest BCUT2D eigenvalue weighted by Gasteiger charge is -2.33. The molecule has 5 aromatic rings. The molecule has 1 aliphatic rings. The molecule has 0 saturated carbocycles. The van der Waals surface area contributed by atoms with Crippen molar-refractivity contribution in [3.8, 4) is 0 Å². The Morgan fingerprint density at radius 2 is 1.69 bits per heavy atom. The number of anilines is 1. The summed E-state index contributed by atoms with van der Waals surface area (Å²) in [6, 6.07) is 24.3. The van der Waals surface area contributed by atoms with Gasteiger partial charge in [0.15, 0.2) is 0 Å². The van der Waals surface area contributed by atoms with Crippen molar-refractivity contribution < 1.29 is 8.42 Å². The molecule has 8 nitrogen and oxygen atoms in total. The van der Waals surface area contributed by atoms with E-state index in [1.54, 1.807) is 28.8 Å². The molecule has 0 spiro atoms. The Bertz CT molecular complexity index is 1650. The van der Waals surface area contributed by atoms with E-state index in [0.717, 1.165) is 46.5 Å². The van der Waals surface area contributed by atoms with Crippen molar-refractivity contribution in [2.75, 3.05) is 11.9 Å². The summed E-state index contributed by atoms with van der Waals surface area (Å²) < 4.78 is 30.1. The van der Waals surface area contributed by atoms with Gasteiger partial charge in [-0.15, -0.1) is 0 Å². The first-order valence-corrected chi connectivity index (χ1v) is 14.5. The van der Waals surface area contributed by atoms with Crippen molar-refractivity contribution in [2.45, 2.75) is 43.3 Å². The van der Waals surface area contributed by atoms with Crippen LogP contribution in [-0.4, -0.2) is 39.7 Å². The fraction of sp³-hybridized carbons (Fsp3) is 0.233. The van der Waals surface area contributed by atoms with Crippen LogP contribution < -0.4 is 4.90 Å². The number of hydrogen-bond donors (Lipinski definition) is 1. The number of fused-ring (bicyclic) bond motifs is 2. The van der Waals surface area contributed by atoms with Crippen molar-refractivity contribution in [2.24, 2.45) is 0 Å². The summed E-state index contributed by atoms with van der Waals surface area (Å²) in [5, 5.41) is 0. The van der Waals surface area contributed by atoms with Crippen LogP contribution in [0.3, 0.4) is 0 Å².